The lowest BCUT2D eigenvalue weighted by atomic mass is 10.0. The fourth-order valence-corrected chi connectivity index (χ4v) is 1.65. The zero-order chi connectivity index (χ0) is 13.2. The van der Waals surface area contributed by atoms with Crippen molar-refractivity contribution in [2.75, 3.05) is 20.2 Å². The highest BCUT2D eigenvalue weighted by molar-refractivity contribution is 5.98. The molecular formula is C13H22N2O2. The Morgan fingerprint density at radius 1 is 1.47 bits per heavy atom. The second-order valence-corrected chi connectivity index (χ2v) is 5.24. The van der Waals surface area contributed by atoms with Crippen molar-refractivity contribution in [2.24, 2.45) is 0 Å². The van der Waals surface area contributed by atoms with Crippen molar-refractivity contribution in [1.29, 1.82) is 0 Å². The van der Waals surface area contributed by atoms with Gasteiger partial charge >= 0.3 is 0 Å². The van der Waals surface area contributed by atoms with Crippen molar-refractivity contribution in [2.45, 2.75) is 33.2 Å². The second kappa shape index (κ2) is 5.02. The molecule has 0 spiro atoms. The number of aryl methyl sites for hydroxylation is 2. The average molecular weight is 238 g/mol. The minimum Gasteiger partial charge on any atom is -0.394 e. The first-order valence-corrected chi connectivity index (χ1v) is 5.79. The summed E-state index contributed by atoms with van der Waals surface area (Å²) in [5.41, 5.74) is 2.26. The van der Waals surface area contributed by atoms with Crippen LogP contribution in [-0.4, -0.2) is 46.5 Å². The van der Waals surface area contributed by atoms with Gasteiger partial charge in [-0.15, -0.1) is 0 Å². The second-order valence-electron chi connectivity index (χ2n) is 5.24. The Morgan fingerprint density at radius 3 is 2.47 bits per heavy atom. The van der Waals surface area contributed by atoms with E-state index in [1.807, 2.05) is 45.7 Å². The fraction of sp³-hybridized carbons (Fsp3) is 0.615. The lowest BCUT2D eigenvalue weighted by molar-refractivity contribution is 0.0659. The molecule has 0 unspecified atom stereocenters. The smallest absolute Gasteiger partial charge is 0.178 e. The van der Waals surface area contributed by atoms with E-state index in [9.17, 15) is 9.90 Å². The van der Waals surface area contributed by atoms with Crippen LogP contribution in [0, 0.1) is 13.8 Å². The van der Waals surface area contributed by atoms with Gasteiger partial charge in [-0.2, -0.15) is 0 Å². The highest BCUT2D eigenvalue weighted by Crippen LogP contribution is 2.15. The van der Waals surface area contributed by atoms with Crippen LogP contribution < -0.4 is 0 Å². The molecule has 1 aromatic rings. The number of aliphatic hydroxyl groups excluding tert-OH is 1. The zero-order valence-corrected chi connectivity index (χ0v) is 11.3. The number of carbonyl (C=O) groups excluding carboxylic acids is 1. The molecule has 4 heteroatoms. The van der Waals surface area contributed by atoms with Gasteiger partial charge in [0.05, 0.1) is 13.2 Å². The summed E-state index contributed by atoms with van der Waals surface area (Å²) in [4.78, 5) is 17.1. The summed E-state index contributed by atoms with van der Waals surface area (Å²) >= 11 is 0. The minimum absolute atomic E-state index is 0.0297. The van der Waals surface area contributed by atoms with Crippen molar-refractivity contribution >= 4 is 5.78 Å². The molecule has 4 nitrogen and oxygen atoms in total. The Morgan fingerprint density at radius 2 is 2.06 bits per heavy atom. The first-order valence-electron chi connectivity index (χ1n) is 5.79. The van der Waals surface area contributed by atoms with Crippen LogP contribution in [0.1, 0.15) is 35.6 Å². The number of ketones is 1. The molecule has 0 aliphatic carbocycles. The molecule has 0 saturated heterocycles. The number of Topliss-reactive ketones (excluding diaryl/α,β-unsaturated/α-hetero) is 1. The molecule has 0 amide bonds. The summed E-state index contributed by atoms with van der Waals surface area (Å²) in [5.74, 6) is 0.0795. The van der Waals surface area contributed by atoms with Crippen LogP contribution in [0.25, 0.3) is 0 Å². The summed E-state index contributed by atoms with van der Waals surface area (Å²) in [7, 11) is 1.85. The molecule has 1 heterocycles. The van der Waals surface area contributed by atoms with Crippen molar-refractivity contribution in [1.82, 2.24) is 9.88 Å². The van der Waals surface area contributed by atoms with Gasteiger partial charge in [-0.3, -0.25) is 9.69 Å². The summed E-state index contributed by atoms with van der Waals surface area (Å²) in [6, 6.07) is 1.87. The normalized spacial score (nSPS) is 12.2. The van der Waals surface area contributed by atoms with E-state index in [1.54, 1.807) is 0 Å². The topological polar surface area (TPSA) is 56.3 Å². The molecular weight excluding hydrogens is 216 g/mol. The van der Waals surface area contributed by atoms with E-state index in [-0.39, 0.29) is 17.9 Å². The number of hydrogen-bond acceptors (Lipinski definition) is 3. The van der Waals surface area contributed by atoms with Gasteiger partial charge in [-0.1, -0.05) is 0 Å². The van der Waals surface area contributed by atoms with Crippen molar-refractivity contribution in [3.8, 4) is 0 Å². The Bertz CT molecular complexity index is 408. The molecule has 17 heavy (non-hydrogen) atoms. The number of H-pyrrole nitrogens is 1. The largest absolute Gasteiger partial charge is 0.394 e. The number of rotatable bonds is 5. The molecule has 0 aliphatic rings. The van der Waals surface area contributed by atoms with E-state index in [1.165, 1.54) is 0 Å². The van der Waals surface area contributed by atoms with Gasteiger partial charge < -0.3 is 10.1 Å². The van der Waals surface area contributed by atoms with Crippen LogP contribution in [0.15, 0.2) is 6.07 Å². The monoisotopic (exact) mass is 238 g/mol. The third-order valence-electron chi connectivity index (χ3n) is 3.25. The Kier molecular flexibility index (Phi) is 4.11. The fourth-order valence-electron chi connectivity index (χ4n) is 1.65. The van der Waals surface area contributed by atoms with E-state index in [2.05, 4.69) is 4.98 Å². The summed E-state index contributed by atoms with van der Waals surface area (Å²) in [6.07, 6.45) is 0. The molecule has 1 aromatic heterocycles. The lowest BCUT2D eigenvalue weighted by Crippen LogP contribution is -2.46. The number of aromatic nitrogens is 1. The number of likely N-dealkylation sites (N-methyl/N-ethyl adjacent to an activating group) is 1. The van der Waals surface area contributed by atoms with E-state index in [0.29, 0.717) is 6.54 Å². The van der Waals surface area contributed by atoms with Crippen LogP contribution in [0.3, 0.4) is 0 Å². The minimum atomic E-state index is -0.380. The van der Waals surface area contributed by atoms with Crippen LogP contribution in [-0.2, 0) is 0 Å². The highest BCUT2D eigenvalue weighted by Gasteiger charge is 2.25. The van der Waals surface area contributed by atoms with Gasteiger partial charge in [0.2, 0.25) is 0 Å². The van der Waals surface area contributed by atoms with Gasteiger partial charge in [-0.05, 0) is 40.8 Å². The van der Waals surface area contributed by atoms with E-state index in [0.717, 1.165) is 17.0 Å². The maximum atomic E-state index is 12.1. The number of carbonyl (C=O) groups is 1. The molecule has 0 atom stereocenters. The molecule has 0 fully saturated rings. The van der Waals surface area contributed by atoms with Gasteiger partial charge in [0.15, 0.2) is 5.78 Å². The average Bonchev–Trinajstić information content (AvgIpc) is 2.57. The third kappa shape index (κ3) is 3.17. The molecule has 0 aliphatic heterocycles. The first-order chi connectivity index (χ1) is 7.77. The molecule has 0 radical (unpaired) electrons. The van der Waals surface area contributed by atoms with E-state index in [4.69, 9.17) is 0 Å². The van der Waals surface area contributed by atoms with Crippen LogP contribution in [0.5, 0.6) is 0 Å². The number of aliphatic hydroxyl groups is 1. The Balaban J connectivity index is 2.77. The molecule has 96 valence electrons. The summed E-state index contributed by atoms with van der Waals surface area (Å²) in [5, 5.41) is 9.25. The molecule has 0 bridgehead atoms. The molecule has 1 rings (SSSR count). The quantitative estimate of drug-likeness (QED) is 0.765. The van der Waals surface area contributed by atoms with Gasteiger partial charge in [0.25, 0.3) is 0 Å². The lowest BCUT2D eigenvalue weighted by Gasteiger charge is -2.33. The number of aromatic amines is 1. The van der Waals surface area contributed by atoms with Crippen LogP contribution in [0.2, 0.25) is 0 Å². The van der Waals surface area contributed by atoms with Crippen molar-refractivity contribution in [3.63, 3.8) is 0 Å². The summed E-state index contributed by atoms with van der Waals surface area (Å²) in [6.45, 7) is 8.00. The maximum Gasteiger partial charge on any atom is 0.178 e. The predicted molar refractivity (Wildman–Crippen MR) is 68.4 cm³/mol. The van der Waals surface area contributed by atoms with Crippen LogP contribution >= 0.6 is 0 Å². The van der Waals surface area contributed by atoms with Gasteiger partial charge in [-0.25, -0.2) is 0 Å². The predicted octanol–water partition coefficient (Wildman–Crippen LogP) is 1.52. The Hall–Kier alpha value is -1.13. The third-order valence-corrected chi connectivity index (χ3v) is 3.25. The van der Waals surface area contributed by atoms with Crippen LogP contribution in [0.4, 0.5) is 0 Å². The number of nitrogens with one attached hydrogen (secondary N) is 1. The van der Waals surface area contributed by atoms with Gasteiger partial charge in [0.1, 0.15) is 0 Å². The molecule has 0 saturated carbocycles. The van der Waals surface area contributed by atoms with Crippen molar-refractivity contribution < 1.29 is 9.90 Å². The maximum absolute atomic E-state index is 12.1. The summed E-state index contributed by atoms with van der Waals surface area (Å²) < 4.78 is 0. The van der Waals surface area contributed by atoms with E-state index >= 15 is 0 Å². The molecule has 0 aromatic carbocycles. The molecule has 2 N–H and O–H groups in total. The highest BCUT2D eigenvalue weighted by atomic mass is 16.3. The standard InChI is InChI=1S/C13H22N2O2/c1-9-6-11(10(2)14-9)12(17)7-15(5)13(3,4)8-16/h6,14,16H,7-8H2,1-5H3. The van der Waals surface area contributed by atoms with Gasteiger partial charge in [0, 0.05) is 22.5 Å². The number of nitrogens with zero attached hydrogens (tertiary/aromatic N) is 1. The SMILES string of the molecule is Cc1cc(C(=O)CN(C)C(C)(C)CO)c(C)[nH]1. The Labute approximate surface area is 103 Å². The first kappa shape index (κ1) is 13.9. The number of hydrogen-bond donors (Lipinski definition) is 2. The van der Waals surface area contributed by atoms with E-state index < -0.39 is 0 Å². The van der Waals surface area contributed by atoms with Crippen molar-refractivity contribution in [3.05, 3.63) is 23.0 Å². The zero-order valence-electron chi connectivity index (χ0n) is 11.3.